The molecule has 1 amide bonds. The van der Waals surface area contributed by atoms with Gasteiger partial charge >= 0.3 is 0 Å². The number of nitrogens with zero attached hydrogens (tertiary/aromatic N) is 6. The maximum atomic E-state index is 12.9. The highest BCUT2D eigenvalue weighted by atomic mass is 16.5. The molecule has 0 unspecified atom stereocenters. The molecule has 8 nitrogen and oxygen atoms in total. The number of anilines is 2. The summed E-state index contributed by atoms with van der Waals surface area (Å²) in [7, 11) is 0. The predicted octanol–water partition coefficient (Wildman–Crippen LogP) is 2.69. The summed E-state index contributed by atoms with van der Waals surface area (Å²) in [6, 6.07) is 13.3. The molecule has 8 heteroatoms. The Morgan fingerprint density at radius 3 is 2.43 bits per heavy atom. The quantitative estimate of drug-likeness (QED) is 0.661. The molecule has 4 heterocycles. The van der Waals surface area contributed by atoms with Gasteiger partial charge in [0, 0.05) is 57.1 Å². The van der Waals surface area contributed by atoms with E-state index in [1.807, 2.05) is 47.5 Å². The van der Waals surface area contributed by atoms with Crippen LogP contribution in [0, 0.1) is 0 Å². The van der Waals surface area contributed by atoms with Crippen LogP contribution in [0.4, 0.5) is 11.8 Å². The van der Waals surface area contributed by atoms with E-state index in [0.29, 0.717) is 24.5 Å². The van der Waals surface area contributed by atoms with E-state index in [0.717, 1.165) is 43.5 Å². The third-order valence-electron chi connectivity index (χ3n) is 5.70. The average molecular weight is 404 g/mol. The normalized spacial score (nSPS) is 16.9. The molecule has 154 valence electrons. The molecule has 1 aromatic carbocycles. The zero-order valence-electron chi connectivity index (χ0n) is 16.8. The van der Waals surface area contributed by atoms with Gasteiger partial charge in [0.15, 0.2) is 11.5 Å². The molecule has 2 aliphatic rings. The first-order chi connectivity index (χ1) is 14.8. The number of benzene rings is 1. The maximum absolute atomic E-state index is 12.9. The molecule has 2 fully saturated rings. The van der Waals surface area contributed by atoms with Crippen LogP contribution in [0.3, 0.4) is 0 Å². The van der Waals surface area contributed by atoms with Crippen LogP contribution in [0.25, 0.3) is 11.3 Å². The summed E-state index contributed by atoms with van der Waals surface area (Å²) in [4.78, 5) is 28.3. The average Bonchev–Trinajstić information content (AvgIpc) is 3.52. The topological polar surface area (TPSA) is 78.6 Å². The molecule has 0 radical (unpaired) electrons. The van der Waals surface area contributed by atoms with E-state index in [2.05, 4.69) is 19.9 Å². The second-order valence-corrected chi connectivity index (χ2v) is 7.63. The maximum Gasteiger partial charge on any atom is 0.276 e. The third-order valence-corrected chi connectivity index (χ3v) is 5.70. The lowest BCUT2D eigenvalue weighted by Crippen LogP contribution is -2.49. The van der Waals surface area contributed by atoms with Crippen LogP contribution in [0.5, 0.6) is 0 Å². The van der Waals surface area contributed by atoms with Crippen molar-refractivity contribution in [2.45, 2.75) is 12.8 Å². The van der Waals surface area contributed by atoms with E-state index in [1.165, 1.54) is 12.8 Å². The third kappa shape index (κ3) is 3.72. The minimum atomic E-state index is -0.0963. The summed E-state index contributed by atoms with van der Waals surface area (Å²) >= 11 is 0. The lowest BCUT2D eigenvalue weighted by molar-refractivity contribution is 0.0736. The van der Waals surface area contributed by atoms with E-state index >= 15 is 0 Å². The van der Waals surface area contributed by atoms with Crippen molar-refractivity contribution in [2.75, 3.05) is 49.1 Å². The van der Waals surface area contributed by atoms with Crippen LogP contribution < -0.4 is 9.80 Å². The minimum Gasteiger partial charge on any atom is -0.355 e. The fourth-order valence-electron chi connectivity index (χ4n) is 4.00. The van der Waals surface area contributed by atoms with Crippen LogP contribution in [0.2, 0.25) is 0 Å². The molecule has 2 saturated heterocycles. The van der Waals surface area contributed by atoms with Crippen molar-refractivity contribution < 1.29 is 9.32 Å². The van der Waals surface area contributed by atoms with Gasteiger partial charge in [-0.3, -0.25) is 4.79 Å². The molecule has 0 saturated carbocycles. The Kier molecular flexibility index (Phi) is 5.04. The van der Waals surface area contributed by atoms with Gasteiger partial charge in [-0.1, -0.05) is 35.5 Å². The molecule has 0 bridgehead atoms. The monoisotopic (exact) mass is 404 g/mol. The molecule has 2 aromatic heterocycles. The summed E-state index contributed by atoms with van der Waals surface area (Å²) < 4.78 is 5.39. The first kappa shape index (κ1) is 18.6. The van der Waals surface area contributed by atoms with E-state index < -0.39 is 0 Å². The van der Waals surface area contributed by atoms with Crippen LogP contribution in [-0.2, 0) is 0 Å². The van der Waals surface area contributed by atoms with Gasteiger partial charge in [-0.15, -0.1) is 0 Å². The van der Waals surface area contributed by atoms with E-state index in [1.54, 1.807) is 6.07 Å². The number of piperazine rings is 1. The van der Waals surface area contributed by atoms with Gasteiger partial charge in [-0.05, 0) is 18.9 Å². The molecule has 0 spiro atoms. The second-order valence-electron chi connectivity index (χ2n) is 7.63. The highest BCUT2D eigenvalue weighted by Crippen LogP contribution is 2.22. The van der Waals surface area contributed by atoms with Crippen molar-refractivity contribution in [3.8, 4) is 11.3 Å². The molecular weight excluding hydrogens is 380 g/mol. The van der Waals surface area contributed by atoms with Crippen molar-refractivity contribution in [3.05, 3.63) is 54.4 Å². The van der Waals surface area contributed by atoms with Crippen LogP contribution in [-0.4, -0.2) is 65.2 Å². The zero-order valence-corrected chi connectivity index (χ0v) is 16.8. The van der Waals surface area contributed by atoms with Gasteiger partial charge in [-0.2, -0.15) is 4.98 Å². The first-order valence-electron chi connectivity index (χ1n) is 10.4. The standard InChI is InChI=1S/C22H24N6O2/c29-21(18-16-19(30-25-18)17-6-2-1-3-7-17)27-14-12-26(13-15-27)20-8-9-23-22(24-20)28-10-4-5-11-28/h1-3,6-9,16H,4-5,10-15H2. The summed E-state index contributed by atoms with van der Waals surface area (Å²) in [6.45, 7) is 4.74. The van der Waals surface area contributed by atoms with Crippen molar-refractivity contribution >= 4 is 17.7 Å². The van der Waals surface area contributed by atoms with Crippen molar-refractivity contribution in [1.82, 2.24) is 20.0 Å². The lowest BCUT2D eigenvalue weighted by atomic mass is 10.1. The molecular formula is C22H24N6O2. The Morgan fingerprint density at radius 1 is 0.900 bits per heavy atom. The number of aromatic nitrogens is 3. The number of rotatable bonds is 4. The van der Waals surface area contributed by atoms with Crippen molar-refractivity contribution in [2.24, 2.45) is 0 Å². The number of carbonyl (C=O) groups excluding carboxylic acids is 1. The van der Waals surface area contributed by atoms with Crippen LogP contribution >= 0.6 is 0 Å². The molecule has 0 atom stereocenters. The number of hydrogen-bond acceptors (Lipinski definition) is 7. The molecule has 5 rings (SSSR count). The zero-order chi connectivity index (χ0) is 20.3. The highest BCUT2D eigenvalue weighted by Gasteiger charge is 2.26. The van der Waals surface area contributed by atoms with Crippen LogP contribution in [0.1, 0.15) is 23.3 Å². The van der Waals surface area contributed by atoms with Gasteiger partial charge in [0.2, 0.25) is 5.95 Å². The fourth-order valence-corrected chi connectivity index (χ4v) is 4.00. The highest BCUT2D eigenvalue weighted by molar-refractivity contribution is 5.93. The van der Waals surface area contributed by atoms with Crippen LogP contribution in [0.15, 0.2) is 53.2 Å². The molecule has 2 aliphatic heterocycles. The fraction of sp³-hybridized carbons (Fsp3) is 0.364. The predicted molar refractivity (Wildman–Crippen MR) is 114 cm³/mol. The summed E-state index contributed by atoms with van der Waals surface area (Å²) in [6.07, 6.45) is 4.22. The molecule has 3 aromatic rings. The van der Waals surface area contributed by atoms with Crippen molar-refractivity contribution in [3.63, 3.8) is 0 Å². The largest absolute Gasteiger partial charge is 0.355 e. The van der Waals surface area contributed by atoms with Crippen molar-refractivity contribution in [1.29, 1.82) is 0 Å². The molecule has 0 N–H and O–H groups in total. The smallest absolute Gasteiger partial charge is 0.276 e. The number of amides is 1. The summed E-state index contributed by atoms with van der Waals surface area (Å²) in [5.41, 5.74) is 1.26. The van der Waals surface area contributed by atoms with E-state index in [-0.39, 0.29) is 5.91 Å². The lowest BCUT2D eigenvalue weighted by Gasteiger charge is -2.35. The van der Waals surface area contributed by atoms with E-state index in [9.17, 15) is 4.79 Å². The Morgan fingerprint density at radius 2 is 1.67 bits per heavy atom. The Balaban J connectivity index is 1.22. The first-order valence-corrected chi connectivity index (χ1v) is 10.4. The molecule has 30 heavy (non-hydrogen) atoms. The summed E-state index contributed by atoms with van der Waals surface area (Å²) in [5, 5.41) is 3.99. The van der Waals surface area contributed by atoms with Gasteiger partial charge in [-0.25, -0.2) is 4.98 Å². The Bertz CT molecular complexity index is 1010. The number of carbonyl (C=O) groups is 1. The van der Waals surface area contributed by atoms with E-state index in [4.69, 9.17) is 9.51 Å². The summed E-state index contributed by atoms with van der Waals surface area (Å²) in [5.74, 6) is 2.24. The Hall–Kier alpha value is -3.42. The second kappa shape index (κ2) is 8.14. The number of hydrogen-bond donors (Lipinski definition) is 0. The molecule has 0 aliphatic carbocycles. The van der Waals surface area contributed by atoms with Gasteiger partial charge < -0.3 is 19.2 Å². The van der Waals surface area contributed by atoms with Gasteiger partial charge in [0.25, 0.3) is 5.91 Å². The Labute approximate surface area is 175 Å². The van der Waals surface area contributed by atoms with Gasteiger partial charge in [0.1, 0.15) is 5.82 Å². The minimum absolute atomic E-state index is 0.0963. The van der Waals surface area contributed by atoms with Gasteiger partial charge in [0.05, 0.1) is 0 Å². The SMILES string of the molecule is O=C(c1cc(-c2ccccc2)on1)N1CCN(c2ccnc(N3CCCC3)n2)CC1.